The van der Waals surface area contributed by atoms with E-state index in [1.54, 1.807) is 24.3 Å². The van der Waals surface area contributed by atoms with Crippen molar-refractivity contribution in [1.82, 2.24) is 19.5 Å². The molecule has 1 fully saturated rings. The molecule has 1 aliphatic heterocycles. The highest BCUT2D eigenvalue weighted by atomic mass is 19.4. The van der Waals surface area contributed by atoms with Crippen molar-refractivity contribution in [2.45, 2.75) is 13.1 Å². The molecule has 3 heterocycles. The van der Waals surface area contributed by atoms with Gasteiger partial charge in [0.15, 0.2) is 11.3 Å². The van der Waals surface area contributed by atoms with Crippen molar-refractivity contribution >= 4 is 11.6 Å². The first-order valence-electron chi connectivity index (χ1n) is 8.74. The van der Waals surface area contributed by atoms with E-state index in [2.05, 4.69) is 10.1 Å². The number of rotatable bonds is 2. The van der Waals surface area contributed by atoms with Crippen LogP contribution < -0.4 is 0 Å². The van der Waals surface area contributed by atoms with E-state index < -0.39 is 17.8 Å². The molecular weight excluding hydrogens is 373 g/mol. The van der Waals surface area contributed by atoms with Gasteiger partial charge in [0.05, 0.1) is 25.1 Å². The summed E-state index contributed by atoms with van der Waals surface area (Å²) in [6.07, 6.45) is -3.50. The summed E-state index contributed by atoms with van der Waals surface area (Å²) in [5.41, 5.74) is 0.603. The second kappa shape index (κ2) is 6.90. The van der Waals surface area contributed by atoms with Crippen molar-refractivity contribution in [3.05, 3.63) is 53.3 Å². The van der Waals surface area contributed by atoms with Gasteiger partial charge in [0.2, 0.25) is 0 Å². The fourth-order valence-electron chi connectivity index (χ4n) is 3.12. The number of aryl methyl sites for hydroxylation is 1. The molecule has 6 nitrogen and oxygen atoms in total. The molecule has 0 aliphatic carbocycles. The number of carbonyl (C=O) groups is 1. The molecule has 0 atom stereocenters. The van der Waals surface area contributed by atoms with Crippen LogP contribution in [0.5, 0.6) is 0 Å². The van der Waals surface area contributed by atoms with E-state index in [0.717, 1.165) is 17.8 Å². The lowest BCUT2D eigenvalue weighted by molar-refractivity contribution is -0.142. The van der Waals surface area contributed by atoms with E-state index in [4.69, 9.17) is 4.74 Å². The molecule has 0 unspecified atom stereocenters. The zero-order valence-electron chi connectivity index (χ0n) is 15.0. The predicted molar refractivity (Wildman–Crippen MR) is 94.9 cm³/mol. The van der Waals surface area contributed by atoms with Crippen molar-refractivity contribution in [3.8, 4) is 11.3 Å². The molecule has 2 aromatic heterocycles. The maximum absolute atomic E-state index is 13.6. The predicted octanol–water partition coefficient (Wildman–Crippen LogP) is 3.20. The van der Waals surface area contributed by atoms with Crippen LogP contribution in [-0.2, 0) is 10.9 Å². The molecule has 0 N–H and O–H groups in total. The molecule has 1 aromatic carbocycles. The highest BCUT2D eigenvalue weighted by Crippen LogP contribution is 2.33. The number of alkyl halides is 3. The lowest BCUT2D eigenvalue weighted by Crippen LogP contribution is -2.40. The summed E-state index contributed by atoms with van der Waals surface area (Å²) in [6, 6.07) is 7.95. The highest BCUT2D eigenvalue weighted by Gasteiger charge is 2.36. The molecule has 146 valence electrons. The summed E-state index contributed by atoms with van der Waals surface area (Å²) in [5, 5.41) is 3.81. The monoisotopic (exact) mass is 390 g/mol. The third kappa shape index (κ3) is 3.33. The van der Waals surface area contributed by atoms with Crippen molar-refractivity contribution in [3.63, 3.8) is 0 Å². The van der Waals surface area contributed by atoms with Crippen LogP contribution in [0.1, 0.15) is 21.6 Å². The summed E-state index contributed by atoms with van der Waals surface area (Å²) < 4.78 is 46.8. The third-order valence-electron chi connectivity index (χ3n) is 4.64. The summed E-state index contributed by atoms with van der Waals surface area (Å²) in [7, 11) is 0. The maximum atomic E-state index is 13.6. The molecule has 3 aromatic rings. The number of hydrogen-bond donors (Lipinski definition) is 0. The van der Waals surface area contributed by atoms with Crippen LogP contribution in [0.3, 0.4) is 0 Å². The molecule has 1 amide bonds. The number of aromatic nitrogens is 3. The summed E-state index contributed by atoms with van der Waals surface area (Å²) in [5.74, 6) is -0.403. The molecule has 0 saturated carbocycles. The van der Waals surface area contributed by atoms with E-state index >= 15 is 0 Å². The first-order chi connectivity index (χ1) is 13.3. The zero-order valence-corrected chi connectivity index (χ0v) is 15.0. The lowest BCUT2D eigenvalue weighted by Gasteiger charge is -2.26. The van der Waals surface area contributed by atoms with Gasteiger partial charge in [-0.25, -0.2) is 9.50 Å². The summed E-state index contributed by atoms with van der Waals surface area (Å²) >= 11 is 0. The second-order valence-corrected chi connectivity index (χ2v) is 6.59. The van der Waals surface area contributed by atoms with E-state index in [9.17, 15) is 18.0 Å². The minimum Gasteiger partial charge on any atom is -0.378 e. The van der Waals surface area contributed by atoms with Crippen molar-refractivity contribution in [2.24, 2.45) is 0 Å². The standard InChI is InChI=1S/C19H17F3N4O2/c1-12-2-4-13(5-3-12)15-10-16(19(20,21)22)26-17(24-15)14(11-23-26)18(27)25-6-8-28-9-7-25/h2-5,10-11H,6-9H2,1H3. The Bertz CT molecular complexity index is 1020. The minimum absolute atomic E-state index is 0.0429. The molecular formula is C19H17F3N4O2. The second-order valence-electron chi connectivity index (χ2n) is 6.59. The SMILES string of the molecule is Cc1ccc(-c2cc(C(F)(F)F)n3ncc(C(=O)N4CCOCC4)c3n2)cc1. The van der Waals surface area contributed by atoms with E-state index in [-0.39, 0.29) is 16.9 Å². The Labute approximate surface area is 158 Å². The maximum Gasteiger partial charge on any atom is 0.433 e. The van der Waals surface area contributed by atoms with Crippen LogP contribution >= 0.6 is 0 Å². The molecule has 4 rings (SSSR count). The Balaban J connectivity index is 1.87. The number of hydrogen-bond acceptors (Lipinski definition) is 4. The number of ether oxygens (including phenoxy) is 1. The van der Waals surface area contributed by atoms with Gasteiger partial charge in [0.1, 0.15) is 5.56 Å². The fourth-order valence-corrected chi connectivity index (χ4v) is 3.12. The Morgan fingerprint density at radius 2 is 1.82 bits per heavy atom. The smallest absolute Gasteiger partial charge is 0.378 e. The number of carbonyl (C=O) groups excluding carboxylic acids is 1. The number of amides is 1. The van der Waals surface area contributed by atoms with E-state index in [0.29, 0.717) is 36.4 Å². The molecule has 1 aliphatic rings. The third-order valence-corrected chi connectivity index (χ3v) is 4.64. The van der Waals surface area contributed by atoms with Gasteiger partial charge in [-0.15, -0.1) is 0 Å². The van der Waals surface area contributed by atoms with Crippen LogP contribution in [0, 0.1) is 6.92 Å². The van der Waals surface area contributed by atoms with Gasteiger partial charge < -0.3 is 9.64 Å². The number of morpholine rings is 1. The number of benzene rings is 1. The van der Waals surface area contributed by atoms with E-state index in [1.807, 2.05) is 6.92 Å². The molecule has 0 spiro atoms. The number of nitrogens with zero attached hydrogens (tertiary/aromatic N) is 4. The Hall–Kier alpha value is -2.94. The zero-order chi connectivity index (χ0) is 19.9. The van der Waals surface area contributed by atoms with Crippen molar-refractivity contribution in [1.29, 1.82) is 0 Å². The van der Waals surface area contributed by atoms with Gasteiger partial charge in [-0.05, 0) is 13.0 Å². The van der Waals surface area contributed by atoms with Crippen molar-refractivity contribution in [2.75, 3.05) is 26.3 Å². The first-order valence-corrected chi connectivity index (χ1v) is 8.74. The Morgan fingerprint density at radius 1 is 1.14 bits per heavy atom. The van der Waals surface area contributed by atoms with Gasteiger partial charge in [-0.2, -0.15) is 18.3 Å². The van der Waals surface area contributed by atoms with Gasteiger partial charge in [-0.1, -0.05) is 29.8 Å². The Morgan fingerprint density at radius 3 is 2.46 bits per heavy atom. The van der Waals surface area contributed by atoms with Crippen LogP contribution in [0.25, 0.3) is 16.9 Å². The topological polar surface area (TPSA) is 59.7 Å². The molecule has 0 bridgehead atoms. The van der Waals surface area contributed by atoms with Gasteiger partial charge >= 0.3 is 6.18 Å². The van der Waals surface area contributed by atoms with Gasteiger partial charge in [0.25, 0.3) is 5.91 Å². The number of fused-ring (bicyclic) bond motifs is 1. The summed E-state index contributed by atoms with van der Waals surface area (Å²) in [6.45, 7) is 3.42. The molecule has 9 heteroatoms. The molecule has 28 heavy (non-hydrogen) atoms. The normalized spacial score (nSPS) is 15.2. The Kier molecular flexibility index (Phi) is 4.54. The molecule has 0 radical (unpaired) electrons. The average Bonchev–Trinajstić information content (AvgIpc) is 3.11. The van der Waals surface area contributed by atoms with Crippen LogP contribution in [0.4, 0.5) is 13.2 Å². The summed E-state index contributed by atoms with van der Waals surface area (Å²) in [4.78, 5) is 18.7. The fraction of sp³-hybridized carbons (Fsp3) is 0.316. The van der Waals surface area contributed by atoms with Crippen molar-refractivity contribution < 1.29 is 22.7 Å². The van der Waals surface area contributed by atoms with Crippen LogP contribution in [0.15, 0.2) is 36.5 Å². The van der Waals surface area contributed by atoms with Crippen LogP contribution in [-0.4, -0.2) is 51.7 Å². The number of halogens is 3. The highest BCUT2D eigenvalue weighted by molar-refractivity contribution is 6.00. The van der Waals surface area contributed by atoms with Crippen LogP contribution in [0.2, 0.25) is 0 Å². The van der Waals surface area contributed by atoms with Gasteiger partial charge in [0, 0.05) is 18.7 Å². The lowest BCUT2D eigenvalue weighted by atomic mass is 10.1. The quantitative estimate of drug-likeness (QED) is 0.674. The largest absolute Gasteiger partial charge is 0.433 e. The minimum atomic E-state index is -4.65. The molecule has 1 saturated heterocycles. The first kappa shape index (κ1) is 18.4. The van der Waals surface area contributed by atoms with E-state index in [1.165, 1.54) is 4.90 Å². The average molecular weight is 390 g/mol. The van der Waals surface area contributed by atoms with Gasteiger partial charge in [-0.3, -0.25) is 4.79 Å².